The maximum absolute atomic E-state index is 12.5. The lowest BCUT2D eigenvalue weighted by molar-refractivity contribution is 0.0704. The molecule has 0 bridgehead atoms. The van der Waals surface area contributed by atoms with E-state index in [1.165, 1.54) is 4.88 Å². The number of nitrogens with one attached hydrogen (secondary N) is 1. The van der Waals surface area contributed by atoms with Gasteiger partial charge in [-0.1, -0.05) is 6.07 Å². The van der Waals surface area contributed by atoms with Gasteiger partial charge in [-0.15, -0.1) is 22.7 Å². The van der Waals surface area contributed by atoms with Crippen molar-refractivity contribution in [3.63, 3.8) is 0 Å². The van der Waals surface area contributed by atoms with E-state index < -0.39 is 0 Å². The van der Waals surface area contributed by atoms with Crippen LogP contribution >= 0.6 is 22.7 Å². The van der Waals surface area contributed by atoms with Crippen LogP contribution in [0.2, 0.25) is 0 Å². The number of thiophene rings is 1. The van der Waals surface area contributed by atoms with Crippen molar-refractivity contribution in [3.05, 3.63) is 58.7 Å². The van der Waals surface area contributed by atoms with E-state index in [9.17, 15) is 4.79 Å². The quantitative estimate of drug-likeness (QED) is 0.729. The molecule has 0 aliphatic carbocycles. The molecule has 0 unspecified atom stereocenters. The van der Waals surface area contributed by atoms with Gasteiger partial charge >= 0.3 is 0 Å². The highest BCUT2D eigenvalue weighted by Gasteiger charge is 2.23. The second-order valence-corrected chi connectivity index (χ2v) is 8.12. The van der Waals surface area contributed by atoms with E-state index in [1.807, 2.05) is 11.0 Å². The minimum Gasteiger partial charge on any atom is -0.338 e. The number of likely N-dealkylation sites (tertiary alicyclic amines) is 1. The highest BCUT2D eigenvalue weighted by molar-refractivity contribution is 7.20. The normalized spacial score (nSPS) is 15.3. The molecule has 7 heteroatoms. The molecule has 0 atom stereocenters. The number of amides is 1. The van der Waals surface area contributed by atoms with Gasteiger partial charge in [0.1, 0.15) is 5.01 Å². The van der Waals surface area contributed by atoms with Gasteiger partial charge in [0.25, 0.3) is 5.91 Å². The molecular formula is C19H20N4OS2. The van der Waals surface area contributed by atoms with Crippen LogP contribution < -0.4 is 5.32 Å². The molecule has 5 nitrogen and oxygen atoms in total. The third kappa shape index (κ3) is 4.00. The van der Waals surface area contributed by atoms with Gasteiger partial charge in [0.2, 0.25) is 0 Å². The molecule has 1 fully saturated rings. The van der Waals surface area contributed by atoms with Crippen LogP contribution in [0.5, 0.6) is 0 Å². The van der Waals surface area contributed by atoms with Crippen molar-refractivity contribution in [2.24, 2.45) is 0 Å². The Hall–Kier alpha value is -2.09. The van der Waals surface area contributed by atoms with E-state index in [0.717, 1.165) is 43.2 Å². The minimum absolute atomic E-state index is 0.0802. The van der Waals surface area contributed by atoms with Crippen molar-refractivity contribution in [1.29, 1.82) is 0 Å². The molecule has 4 heterocycles. The van der Waals surface area contributed by atoms with Crippen LogP contribution in [-0.2, 0) is 6.54 Å². The van der Waals surface area contributed by atoms with Gasteiger partial charge in [-0.05, 0) is 36.4 Å². The number of pyridine rings is 1. The number of rotatable bonds is 5. The Bertz CT molecular complexity index is 840. The molecule has 0 aromatic carbocycles. The summed E-state index contributed by atoms with van der Waals surface area (Å²) in [6.07, 6.45) is 5.26. The maximum atomic E-state index is 12.5. The van der Waals surface area contributed by atoms with Crippen LogP contribution in [0.15, 0.2) is 47.4 Å². The van der Waals surface area contributed by atoms with Crippen LogP contribution in [0, 0.1) is 0 Å². The number of carbonyl (C=O) groups is 1. The lowest BCUT2D eigenvalue weighted by atomic mass is 10.0. The highest BCUT2D eigenvalue weighted by Crippen LogP contribution is 2.27. The van der Waals surface area contributed by atoms with Gasteiger partial charge in [0, 0.05) is 43.4 Å². The predicted molar refractivity (Wildman–Crippen MR) is 105 cm³/mol. The van der Waals surface area contributed by atoms with Gasteiger partial charge in [-0.25, -0.2) is 4.98 Å². The van der Waals surface area contributed by atoms with Gasteiger partial charge in [0.05, 0.1) is 16.1 Å². The molecule has 1 amide bonds. The molecular weight excluding hydrogens is 364 g/mol. The summed E-state index contributed by atoms with van der Waals surface area (Å²) >= 11 is 3.42. The number of hydrogen-bond acceptors (Lipinski definition) is 6. The van der Waals surface area contributed by atoms with E-state index >= 15 is 0 Å². The van der Waals surface area contributed by atoms with E-state index in [1.54, 1.807) is 41.1 Å². The van der Waals surface area contributed by atoms with E-state index in [-0.39, 0.29) is 5.91 Å². The molecule has 1 saturated heterocycles. The molecule has 1 N–H and O–H groups in total. The smallest absolute Gasteiger partial charge is 0.255 e. The van der Waals surface area contributed by atoms with Crippen molar-refractivity contribution >= 4 is 28.6 Å². The third-order valence-electron chi connectivity index (χ3n) is 4.55. The molecule has 3 aromatic heterocycles. The Morgan fingerprint density at radius 1 is 1.23 bits per heavy atom. The molecule has 0 spiro atoms. The first-order valence-electron chi connectivity index (χ1n) is 8.70. The summed E-state index contributed by atoms with van der Waals surface area (Å²) in [5.41, 5.74) is 1.76. The van der Waals surface area contributed by atoms with Gasteiger partial charge < -0.3 is 10.2 Å². The predicted octanol–water partition coefficient (Wildman–Crippen LogP) is 3.66. The number of piperidine rings is 1. The third-order valence-corrected chi connectivity index (χ3v) is 6.48. The molecule has 1 aliphatic rings. The van der Waals surface area contributed by atoms with Crippen LogP contribution in [-0.4, -0.2) is 39.9 Å². The van der Waals surface area contributed by atoms with E-state index in [0.29, 0.717) is 11.6 Å². The lowest BCUT2D eigenvalue weighted by Crippen LogP contribution is -2.44. The molecule has 0 saturated carbocycles. The Morgan fingerprint density at radius 2 is 2.12 bits per heavy atom. The summed E-state index contributed by atoms with van der Waals surface area (Å²) in [7, 11) is 0. The summed E-state index contributed by atoms with van der Waals surface area (Å²) in [5, 5.41) is 8.89. The first kappa shape index (κ1) is 17.3. The second kappa shape index (κ2) is 8.07. The van der Waals surface area contributed by atoms with Crippen molar-refractivity contribution in [2.75, 3.05) is 13.1 Å². The van der Waals surface area contributed by atoms with Crippen LogP contribution in [0.25, 0.3) is 9.88 Å². The van der Waals surface area contributed by atoms with Gasteiger partial charge in [-0.3, -0.25) is 9.78 Å². The number of nitrogens with zero attached hydrogens (tertiary/aromatic N) is 3. The topological polar surface area (TPSA) is 58.1 Å². The Morgan fingerprint density at radius 3 is 2.85 bits per heavy atom. The summed E-state index contributed by atoms with van der Waals surface area (Å²) < 4.78 is 0. The average molecular weight is 385 g/mol. The Kier molecular flexibility index (Phi) is 5.38. The fourth-order valence-electron chi connectivity index (χ4n) is 3.11. The van der Waals surface area contributed by atoms with Crippen LogP contribution in [0.4, 0.5) is 0 Å². The van der Waals surface area contributed by atoms with Crippen molar-refractivity contribution in [3.8, 4) is 9.88 Å². The van der Waals surface area contributed by atoms with E-state index in [4.69, 9.17) is 4.98 Å². The zero-order chi connectivity index (χ0) is 17.8. The fourth-order valence-corrected chi connectivity index (χ4v) is 4.74. The molecule has 26 heavy (non-hydrogen) atoms. The fraction of sp³-hybridized carbons (Fsp3) is 0.316. The number of hydrogen-bond donors (Lipinski definition) is 1. The standard InChI is InChI=1S/C19H20N4OS2/c24-19(14-3-1-7-20-11-14)23-8-5-15(6-9-23)21-12-16-13-26-18(22-16)17-4-2-10-25-17/h1-4,7,10-11,13,15,21H,5-6,8-9,12H2. The Balaban J connectivity index is 1.26. The van der Waals surface area contributed by atoms with Gasteiger partial charge in [-0.2, -0.15) is 0 Å². The first-order valence-corrected chi connectivity index (χ1v) is 10.5. The lowest BCUT2D eigenvalue weighted by Gasteiger charge is -2.32. The van der Waals surface area contributed by atoms with E-state index in [2.05, 4.69) is 33.2 Å². The van der Waals surface area contributed by atoms with Gasteiger partial charge in [0.15, 0.2) is 0 Å². The van der Waals surface area contributed by atoms with Crippen LogP contribution in [0.1, 0.15) is 28.9 Å². The highest BCUT2D eigenvalue weighted by atomic mass is 32.1. The Labute approximate surface area is 160 Å². The molecule has 3 aromatic rings. The minimum atomic E-state index is 0.0802. The molecule has 134 valence electrons. The number of carbonyl (C=O) groups excluding carboxylic acids is 1. The van der Waals surface area contributed by atoms with Crippen molar-refractivity contribution < 1.29 is 4.79 Å². The average Bonchev–Trinajstić information content (AvgIpc) is 3.38. The summed E-state index contributed by atoms with van der Waals surface area (Å²) in [6, 6.07) is 8.22. The summed E-state index contributed by atoms with van der Waals surface area (Å²) in [4.78, 5) is 24.4. The molecule has 4 rings (SSSR count). The molecule has 1 aliphatic heterocycles. The second-order valence-electron chi connectivity index (χ2n) is 6.31. The summed E-state index contributed by atoms with van der Waals surface area (Å²) in [5.74, 6) is 0.0802. The monoisotopic (exact) mass is 384 g/mol. The molecule has 0 radical (unpaired) electrons. The SMILES string of the molecule is O=C(c1cccnc1)N1CCC(NCc2csc(-c3cccs3)n2)CC1. The maximum Gasteiger partial charge on any atom is 0.255 e. The number of aromatic nitrogens is 2. The zero-order valence-corrected chi connectivity index (χ0v) is 15.9. The first-order chi connectivity index (χ1) is 12.8. The largest absolute Gasteiger partial charge is 0.338 e. The number of thiazole rings is 1. The zero-order valence-electron chi connectivity index (χ0n) is 14.3. The van der Waals surface area contributed by atoms with Crippen molar-refractivity contribution in [2.45, 2.75) is 25.4 Å². The van der Waals surface area contributed by atoms with Crippen LogP contribution in [0.3, 0.4) is 0 Å². The summed E-state index contributed by atoms with van der Waals surface area (Å²) in [6.45, 7) is 2.34. The van der Waals surface area contributed by atoms with Crippen molar-refractivity contribution in [1.82, 2.24) is 20.2 Å².